The van der Waals surface area contributed by atoms with Crippen molar-refractivity contribution in [3.8, 4) is 17.2 Å². The molecule has 3 aromatic rings. The molecule has 1 aromatic heterocycles. The summed E-state index contributed by atoms with van der Waals surface area (Å²) >= 11 is 0. The van der Waals surface area contributed by atoms with Crippen LogP contribution in [0, 0.1) is 11.3 Å². The van der Waals surface area contributed by atoms with Gasteiger partial charge >= 0.3 is 6.18 Å². The summed E-state index contributed by atoms with van der Waals surface area (Å²) in [7, 11) is 1.53. The van der Waals surface area contributed by atoms with Crippen LogP contribution in [0.5, 0.6) is 0 Å². The number of aliphatic hydroxyl groups is 1. The minimum Gasteiger partial charge on any atom is -0.386 e. The van der Waals surface area contributed by atoms with Crippen molar-refractivity contribution in [1.29, 1.82) is 5.26 Å². The lowest BCUT2D eigenvalue weighted by Crippen LogP contribution is -2.39. The number of carbonyl (C=O) groups excluding carboxylic acids is 1. The van der Waals surface area contributed by atoms with Crippen molar-refractivity contribution in [2.45, 2.75) is 37.6 Å². The van der Waals surface area contributed by atoms with Crippen molar-refractivity contribution >= 4 is 16.8 Å². The Hall–Kier alpha value is -4.00. The van der Waals surface area contributed by atoms with Crippen molar-refractivity contribution < 1.29 is 27.8 Å². The SMILES string of the molecule is COC[C@H](CC1=CCC(C)(O)C=C1)NC(=O)c1cc(C#N)c2cc(-c3cccc(C(F)(F)F)c3)ccc2n1. The second-order valence-electron chi connectivity index (χ2n) is 9.48. The highest BCUT2D eigenvalue weighted by molar-refractivity contribution is 5.98. The minimum atomic E-state index is -4.47. The van der Waals surface area contributed by atoms with Crippen LogP contribution in [0.25, 0.3) is 22.0 Å². The van der Waals surface area contributed by atoms with Crippen molar-refractivity contribution in [2.24, 2.45) is 0 Å². The van der Waals surface area contributed by atoms with E-state index in [1.165, 1.54) is 19.2 Å². The Morgan fingerprint density at radius 2 is 2.00 bits per heavy atom. The summed E-state index contributed by atoms with van der Waals surface area (Å²) in [6.45, 7) is 1.96. The van der Waals surface area contributed by atoms with E-state index < -0.39 is 23.2 Å². The molecule has 196 valence electrons. The topological polar surface area (TPSA) is 95.2 Å². The van der Waals surface area contributed by atoms with Gasteiger partial charge in [-0.25, -0.2) is 4.98 Å². The highest BCUT2D eigenvalue weighted by Crippen LogP contribution is 2.33. The number of allylic oxidation sites excluding steroid dienone is 1. The third-order valence-corrected chi connectivity index (χ3v) is 6.30. The summed E-state index contributed by atoms with van der Waals surface area (Å²) in [4.78, 5) is 17.5. The fraction of sp³-hybridized carbons (Fsp3) is 0.276. The first-order valence-electron chi connectivity index (χ1n) is 11.9. The molecule has 6 nitrogen and oxygen atoms in total. The molecule has 1 aliphatic carbocycles. The molecule has 1 heterocycles. The summed E-state index contributed by atoms with van der Waals surface area (Å²) in [5, 5.41) is 23.2. The Balaban J connectivity index is 1.59. The molecule has 0 bridgehead atoms. The maximum Gasteiger partial charge on any atom is 0.416 e. The van der Waals surface area contributed by atoms with Crippen LogP contribution in [0.1, 0.15) is 41.4 Å². The Kier molecular flexibility index (Phi) is 7.67. The number of pyridine rings is 1. The molecule has 1 unspecified atom stereocenters. The molecule has 0 radical (unpaired) electrons. The first-order valence-corrected chi connectivity index (χ1v) is 11.9. The molecule has 38 heavy (non-hydrogen) atoms. The van der Waals surface area contributed by atoms with E-state index in [0.717, 1.165) is 17.7 Å². The van der Waals surface area contributed by atoms with Crippen LogP contribution in [0.15, 0.2) is 72.3 Å². The largest absolute Gasteiger partial charge is 0.416 e. The number of hydrogen-bond donors (Lipinski definition) is 2. The van der Waals surface area contributed by atoms with E-state index in [9.17, 15) is 28.3 Å². The normalized spacial score (nSPS) is 18.1. The van der Waals surface area contributed by atoms with Crippen molar-refractivity contribution in [3.63, 3.8) is 0 Å². The quantitative estimate of drug-likeness (QED) is 0.424. The van der Waals surface area contributed by atoms with Crippen LogP contribution >= 0.6 is 0 Å². The molecule has 0 spiro atoms. The number of methoxy groups -OCH3 is 1. The number of nitriles is 1. The van der Waals surface area contributed by atoms with Gasteiger partial charge in [0, 0.05) is 12.5 Å². The molecule has 0 saturated carbocycles. The molecule has 0 saturated heterocycles. The molecule has 9 heteroatoms. The number of fused-ring (bicyclic) bond motifs is 1. The van der Waals surface area contributed by atoms with Crippen LogP contribution in [0.4, 0.5) is 13.2 Å². The standard InChI is InChI=1S/C29H26F3N3O3/c1-28(37)10-8-18(9-11-28)12-23(17-38-2)34-27(36)26-15-21(16-33)24-14-20(6-7-25(24)35-26)19-4-3-5-22(13-19)29(30,31)32/h3-10,13-15,23,37H,11-12,17H2,1-2H3,(H,34,36)/t23-,28?/m0/s1. The van der Waals surface area contributed by atoms with E-state index in [1.807, 2.05) is 12.2 Å². The maximum atomic E-state index is 13.2. The number of benzene rings is 2. The lowest BCUT2D eigenvalue weighted by molar-refractivity contribution is -0.137. The molecular weight excluding hydrogens is 495 g/mol. The Morgan fingerprint density at radius 3 is 2.66 bits per heavy atom. The van der Waals surface area contributed by atoms with Gasteiger partial charge < -0.3 is 15.2 Å². The van der Waals surface area contributed by atoms with Crippen molar-refractivity contribution in [2.75, 3.05) is 13.7 Å². The fourth-order valence-electron chi connectivity index (χ4n) is 4.30. The Morgan fingerprint density at radius 1 is 1.24 bits per heavy atom. The zero-order chi connectivity index (χ0) is 27.5. The third-order valence-electron chi connectivity index (χ3n) is 6.30. The van der Waals surface area contributed by atoms with E-state index in [-0.39, 0.29) is 23.9 Å². The highest BCUT2D eigenvalue weighted by atomic mass is 19.4. The van der Waals surface area contributed by atoms with Gasteiger partial charge in [0.15, 0.2) is 0 Å². The number of carbonyl (C=O) groups is 1. The number of rotatable bonds is 7. The second kappa shape index (κ2) is 10.8. The molecule has 0 fully saturated rings. The van der Waals surface area contributed by atoms with Gasteiger partial charge in [-0.2, -0.15) is 18.4 Å². The summed E-state index contributed by atoms with van der Waals surface area (Å²) in [6, 6.07) is 12.8. The molecule has 4 rings (SSSR count). The molecule has 2 aromatic carbocycles. The lowest BCUT2D eigenvalue weighted by atomic mass is 9.91. The number of hydrogen-bond acceptors (Lipinski definition) is 5. The smallest absolute Gasteiger partial charge is 0.386 e. The van der Waals surface area contributed by atoms with Gasteiger partial charge in [0.1, 0.15) is 5.69 Å². The zero-order valence-corrected chi connectivity index (χ0v) is 20.8. The molecule has 0 aliphatic heterocycles. The highest BCUT2D eigenvalue weighted by Gasteiger charge is 2.30. The lowest BCUT2D eigenvalue weighted by Gasteiger charge is -2.24. The fourth-order valence-corrected chi connectivity index (χ4v) is 4.30. The van der Waals surface area contributed by atoms with Gasteiger partial charge in [0.05, 0.1) is 41.0 Å². The second-order valence-corrected chi connectivity index (χ2v) is 9.48. The summed E-state index contributed by atoms with van der Waals surface area (Å²) in [5.74, 6) is -0.486. The average Bonchev–Trinajstić information content (AvgIpc) is 2.88. The molecule has 2 atom stereocenters. The number of aromatic nitrogens is 1. The van der Waals surface area contributed by atoms with Crippen LogP contribution in [-0.2, 0) is 10.9 Å². The van der Waals surface area contributed by atoms with E-state index in [4.69, 9.17) is 4.74 Å². The van der Waals surface area contributed by atoms with E-state index in [2.05, 4.69) is 16.4 Å². The maximum absolute atomic E-state index is 13.2. The average molecular weight is 522 g/mol. The Labute approximate surface area is 218 Å². The predicted molar refractivity (Wildman–Crippen MR) is 137 cm³/mol. The Bertz CT molecular complexity index is 1470. The molecule has 2 N–H and O–H groups in total. The summed E-state index contributed by atoms with van der Waals surface area (Å²) in [6.07, 6.45) is 1.92. The minimum absolute atomic E-state index is 0.0399. The van der Waals surface area contributed by atoms with Gasteiger partial charge in [0.2, 0.25) is 0 Å². The number of nitrogens with one attached hydrogen (secondary N) is 1. The van der Waals surface area contributed by atoms with Crippen LogP contribution in [-0.4, -0.2) is 41.4 Å². The molecular formula is C29H26F3N3O3. The van der Waals surface area contributed by atoms with Gasteiger partial charge in [-0.15, -0.1) is 0 Å². The predicted octanol–water partition coefficient (Wildman–Crippen LogP) is 5.56. The van der Waals surface area contributed by atoms with Crippen molar-refractivity contribution in [1.82, 2.24) is 10.3 Å². The summed E-state index contributed by atoms with van der Waals surface area (Å²) in [5.41, 5.74) is 0.715. The third kappa shape index (κ3) is 6.28. The number of ether oxygens (including phenoxy) is 1. The summed E-state index contributed by atoms with van der Waals surface area (Å²) < 4.78 is 44.7. The van der Waals surface area contributed by atoms with Gasteiger partial charge in [0.25, 0.3) is 5.91 Å². The van der Waals surface area contributed by atoms with Crippen LogP contribution in [0.3, 0.4) is 0 Å². The number of alkyl halides is 3. The van der Waals surface area contributed by atoms with Crippen LogP contribution in [0.2, 0.25) is 0 Å². The molecule has 1 amide bonds. The number of halogens is 3. The monoisotopic (exact) mass is 521 g/mol. The molecule has 1 aliphatic rings. The van der Waals surface area contributed by atoms with Crippen molar-refractivity contribution in [3.05, 3.63) is 89.2 Å². The van der Waals surface area contributed by atoms with Crippen LogP contribution < -0.4 is 5.32 Å². The number of nitrogens with zero attached hydrogens (tertiary/aromatic N) is 2. The van der Waals surface area contributed by atoms with E-state index in [1.54, 1.807) is 37.3 Å². The van der Waals surface area contributed by atoms with Gasteiger partial charge in [-0.3, -0.25) is 4.79 Å². The first-order chi connectivity index (χ1) is 18.0. The number of amides is 1. The zero-order valence-electron chi connectivity index (χ0n) is 20.8. The first kappa shape index (κ1) is 27.0. The van der Waals surface area contributed by atoms with E-state index >= 15 is 0 Å². The van der Waals surface area contributed by atoms with Gasteiger partial charge in [-0.05, 0) is 66.8 Å². The van der Waals surface area contributed by atoms with E-state index in [0.29, 0.717) is 34.9 Å². The van der Waals surface area contributed by atoms with Gasteiger partial charge in [-0.1, -0.05) is 36.4 Å².